The maximum Gasteiger partial charge on any atom is 0.312 e. The molecular formula is C18H13BrN4O6. The first-order valence-electron chi connectivity index (χ1n) is 8.09. The number of carbonyl (C=O) groups is 3. The van der Waals surface area contributed by atoms with E-state index in [0.29, 0.717) is 10.2 Å². The van der Waals surface area contributed by atoms with Crippen LogP contribution in [0.2, 0.25) is 0 Å². The third-order valence-corrected chi connectivity index (χ3v) is 4.28. The quantitative estimate of drug-likeness (QED) is 0.290. The van der Waals surface area contributed by atoms with E-state index in [1.54, 1.807) is 30.3 Å². The molecule has 1 heterocycles. The largest absolute Gasteiger partial charge is 0.476 e. The zero-order valence-electron chi connectivity index (χ0n) is 14.6. The molecule has 10 nitrogen and oxygen atoms in total. The Bertz CT molecular complexity index is 1050. The minimum atomic E-state index is -0.842. The molecule has 0 radical (unpaired) electrons. The molecule has 0 unspecified atom stereocenters. The van der Waals surface area contributed by atoms with Gasteiger partial charge in [-0.3, -0.25) is 29.9 Å². The summed E-state index contributed by atoms with van der Waals surface area (Å²) in [6.45, 7) is -0.616. The maximum atomic E-state index is 12.7. The van der Waals surface area contributed by atoms with Gasteiger partial charge in [0.25, 0.3) is 17.7 Å². The van der Waals surface area contributed by atoms with Crippen molar-refractivity contribution in [2.24, 2.45) is 5.73 Å². The molecule has 0 aliphatic carbocycles. The number of nitrogens with zero attached hydrogens (tertiary/aromatic N) is 2. The molecular weight excluding hydrogens is 448 g/mol. The van der Waals surface area contributed by atoms with Crippen LogP contribution in [0.5, 0.6) is 5.75 Å². The Labute approximate surface area is 172 Å². The van der Waals surface area contributed by atoms with Gasteiger partial charge >= 0.3 is 5.69 Å². The highest BCUT2D eigenvalue weighted by atomic mass is 79.9. The van der Waals surface area contributed by atoms with Gasteiger partial charge in [0.1, 0.15) is 5.57 Å². The van der Waals surface area contributed by atoms with E-state index in [-0.39, 0.29) is 16.9 Å². The second kappa shape index (κ2) is 8.10. The highest BCUT2D eigenvalue weighted by Crippen LogP contribution is 2.36. The lowest BCUT2D eigenvalue weighted by molar-refractivity contribution is -0.385. The Hall–Kier alpha value is -3.73. The number of rotatable bonds is 6. The standard InChI is InChI=1S/C18H13BrN4O6/c19-11-6-10(16(29-9-15(20)24)14(8-11)23(27)28)7-13-17(25)21-22(18(13)26)12-4-2-1-3-5-12/h1-8H,9H2,(H2,20,24)(H,21,25). The first kappa shape index (κ1) is 20.0. The number of primary amides is 1. The molecule has 3 N–H and O–H groups in total. The number of hydrogen-bond acceptors (Lipinski definition) is 6. The van der Waals surface area contributed by atoms with Gasteiger partial charge in [0.05, 0.1) is 10.6 Å². The zero-order chi connectivity index (χ0) is 21.1. The monoisotopic (exact) mass is 460 g/mol. The summed E-state index contributed by atoms with van der Waals surface area (Å²) < 4.78 is 5.51. The molecule has 3 rings (SSSR count). The number of para-hydroxylation sites is 1. The van der Waals surface area contributed by atoms with Crippen LogP contribution in [0.25, 0.3) is 6.08 Å². The second-order valence-electron chi connectivity index (χ2n) is 5.83. The molecule has 0 bridgehead atoms. The van der Waals surface area contributed by atoms with Gasteiger partial charge in [0.15, 0.2) is 6.61 Å². The van der Waals surface area contributed by atoms with Crippen molar-refractivity contribution in [2.75, 3.05) is 11.6 Å². The molecule has 1 fully saturated rings. The van der Waals surface area contributed by atoms with Gasteiger partial charge in [-0.05, 0) is 24.3 Å². The number of halogens is 1. The van der Waals surface area contributed by atoms with E-state index in [4.69, 9.17) is 10.5 Å². The fraction of sp³-hybridized carbons (Fsp3) is 0.0556. The molecule has 1 saturated heterocycles. The molecule has 0 saturated carbocycles. The predicted octanol–water partition coefficient (Wildman–Crippen LogP) is 1.68. The van der Waals surface area contributed by atoms with E-state index >= 15 is 0 Å². The van der Waals surface area contributed by atoms with Crippen molar-refractivity contribution < 1.29 is 24.0 Å². The van der Waals surface area contributed by atoms with E-state index in [2.05, 4.69) is 21.4 Å². The minimum absolute atomic E-state index is 0.0562. The molecule has 148 valence electrons. The summed E-state index contributed by atoms with van der Waals surface area (Å²) in [5.74, 6) is -2.47. The first-order chi connectivity index (χ1) is 13.8. The van der Waals surface area contributed by atoms with Crippen LogP contribution >= 0.6 is 15.9 Å². The first-order valence-corrected chi connectivity index (χ1v) is 8.88. The van der Waals surface area contributed by atoms with Gasteiger partial charge in [-0.15, -0.1) is 0 Å². The lowest BCUT2D eigenvalue weighted by Crippen LogP contribution is -2.35. The van der Waals surface area contributed by atoms with Crippen LogP contribution < -0.4 is 20.9 Å². The average Bonchev–Trinajstić information content (AvgIpc) is 2.95. The van der Waals surface area contributed by atoms with Crippen LogP contribution in [-0.4, -0.2) is 29.3 Å². The molecule has 1 aliphatic rings. The maximum absolute atomic E-state index is 12.7. The summed E-state index contributed by atoms with van der Waals surface area (Å²) in [4.78, 5) is 46.8. The van der Waals surface area contributed by atoms with Crippen molar-refractivity contribution in [3.05, 3.63) is 68.2 Å². The topological polar surface area (TPSA) is 145 Å². The Balaban J connectivity index is 2.07. The minimum Gasteiger partial charge on any atom is -0.476 e. The predicted molar refractivity (Wildman–Crippen MR) is 106 cm³/mol. The van der Waals surface area contributed by atoms with Crippen LogP contribution in [0.15, 0.2) is 52.5 Å². The van der Waals surface area contributed by atoms with Crippen molar-refractivity contribution in [3.8, 4) is 5.75 Å². The number of nitro benzene ring substituents is 1. The summed E-state index contributed by atoms with van der Waals surface area (Å²) in [6.07, 6.45) is 1.16. The molecule has 3 amide bonds. The molecule has 0 atom stereocenters. The molecule has 29 heavy (non-hydrogen) atoms. The van der Waals surface area contributed by atoms with Crippen LogP contribution in [0.3, 0.4) is 0 Å². The Kier molecular flexibility index (Phi) is 5.59. The van der Waals surface area contributed by atoms with Gasteiger partial charge < -0.3 is 10.5 Å². The van der Waals surface area contributed by atoms with E-state index < -0.39 is 34.9 Å². The third kappa shape index (κ3) is 4.24. The van der Waals surface area contributed by atoms with Crippen LogP contribution in [0, 0.1) is 10.1 Å². The zero-order valence-corrected chi connectivity index (χ0v) is 16.2. The smallest absolute Gasteiger partial charge is 0.312 e. The summed E-state index contributed by atoms with van der Waals surface area (Å²) in [6, 6.07) is 11.0. The number of nitrogens with one attached hydrogen (secondary N) is 1. The van der Waals surface area contributed by atoms with Gasteiger partial charge in [0, 0.05) is 16.1 Å². The van der Waals surface area contributed by atoms with Crippen molar-refractivity contribution in [3.63, 3.8) is 0 Å². The summed E-state index contributed by atoms with van der Waals surface area (Å²) in [5.41, 5.74) is 7.26. The molecule has 2 aromatic carbocycles. The highest BCUT2D eigenvalue weighted by molar-refractivity contribution is 9.10. The number of nitro groups is 1. The van der Waals surface area contributed by atoms with Gasteiger partial charge in [0.2, 0.25) is 5.75 Å². The van der Waals surface area contributed by atoms with E-state index in [1.165, 1.54) is 12.1 Å². The van der Waals surface area contributed by atoms with E-state index in [0.717, 1.165) is 11.1 Å². The van der Waals surface area contributed by atoms with Crippen molar-refractivity contribution in [1.29, 1.82) is 0 Å². The Morgan fingerprint density at radius 1 is 1.28 bits per heavy atom. The summed E-state index contributed by atoms with van der Waals surface area (Å²) >= 11 is 3.15. The summed E-state index contributed by atoms with van der Waals surface area (Å²) in [5, 5.41) is 12.4. The normalized spacial score (nSPS) is 14.8. The lowest BCUT2D eigenvalue weighted by Gasteiger charge is -2.14. The molecule has 0 aromatic heterocycles. The summed E-state index contributed by atoms with van der Waals surface area (Å²) in [7, 11) is 0. The van der Waals surface area contributed by atoms with Crippen molar-refractivity contribution in [2.45, 2.75) is 0 Å². The Morgan fingerprint density at radius 3 is 2.59 bits per heavy atom. The van der Waals surface area contributed by atoms with Crippen LogP contribution in [0.4, 0.5) is 11.4 Å². The Morgan fingerprint density at radius 2 is 1.97 bits per heavy atom. The van der Waals surface area contributed by atoms with Gasteiger partial charge in [-0.2, -0.15) is 0 Å². The number of hydrogen-bond donors (Lipinski definition) is 2. The fourth-order valence-electron chi connectivity index (χ4n) is 2.61. The van der Waals surface area contributed by atoms with Gasteiger partial charge in [-0.25, -0.2) is 5.01 Å². The number of anilines is 1. The lowest BCUT2D eigenvalue weighted by atomic mass is 10.1. The molecule has 0 spiro atoms. The molecule has 1 aliphatic heterocycles. The average molecular weight is 461 g/mol. The number of hydrazine groups is 1. The molecule has 2 aromatic rings. The SMILES string of the molecule is NC(=O)COc1c(C=C2C(=O)NN(c3ccccc3)C2=O)cc(Br)cc1[N+](=O)[O-]. The van der Waals surface area contributed by atoms with Crippen molar-refractivity contribution >= 4 is 51.1 Å². The van der Waals surface area contributed by atoms with Crippen LogP contribution in [-0.2, 0) is 14.4 Å². The second-order valence-corrected chi connectivity index (χ2v) is 6.75. The van der Waals surface area contributed by atoms with Crippen molar-refractivity contribution in [1.82, 2.24) is 5.43 Å². The van der Waals surface area contributed by atoms with Crippen LogP contribution in [0.1, 0.15) is 5.56 Å². The number of ether oxygens (including phenoxy) is 1. The van der Waals surface area contributed by atoms with E-state index in [1.807, 2.05) is 0 Å². The van der Waals surface area contributed by atoms with E-state index in [9.17, 15) is 24.5 Å². The van der Waals surface area contributed by atoms with Gasteiger partial charge in [-0.1, -0.05) is 34.1 Å². The number of amides is 3. The number of carbonyl (C=O) groups excluding carboxylic acids is 3. The number of nitrogens with two attached hydrogens (primary N) is 1. The fourth-order valence-corrected chi connectivity index (χ4v) is 3.08. The number of benzene rings is 2. The molecule has 11 heteroatoms. The highest BCUT2D eigenvalue weighted by Gasteiger charge is 2.35. The third-order valence-electron chi connectivity index (χ3n) is 3.82.